The number of sulfonamides is 1. The van der Waals surface area contributed by atoms with Crippen molar-refractivity contribution in [1.29, 1.82) is 0 Å². The molecule has 0 bridgehead atoms. The molecule has 1 atom stereocenters. The maximum atomic E-state index is 14.1. The minimum atomic E-state index is -4.22. The molecule has 0 aliphatic heterocycles. The molecule has 2 amide bonds. The fraction of sp³-hybridized carbons (Fsp3) is 0.310. The quantitative estimate of drug-likeness (QED) is 0.270. The number of hydrogen-bond donors (Lipinski definition) is 1. The van der Waals surface area contributed by atoms with E-state index < -0.39 is 28.5 Å². The third-order valence-corrected chi connectivity index (χ3v) is 9.18. The van der Waals surface area contributed by atoms with Gasteiger partial charge >= 0.3 is 0 Å². The highest BCUT2D eigenvalue weighted by atomic mass is 35.5. The number of para-hydroxylation sites is 2. The average molecular weight is 604 g/mol. The monoisotopic (exact) mass is 603 g/mol. The van der Waals surface area contributed by atoms with Gasteiger partial charge in [0, 0.05) is 23.5 Å². The van der Waals surface area contributed by atoms with Crippen LogP contribution >= 0.6 is 23.4 Å². The number of hydrogen-bond acceptors (Lipinski definition) is 6. The number of amides is 2. The number of likely N-dealkylation sites (N-methyl/N-ethyl adjacent to an activating group) is 1. The number of thioether (sulfide) groups is 1. The van der Waals surface area contributed by atoms with E-state index in [-0.39, 0.29) is 23.0 Å². The van der Waals surface area contributed by atoms with Crippen molar-refractivity contribution >= 4 is 50.9 Å². The van der Waals surface area contributed by atoms with E-state index in [0.29, 0.717) is 29.4 Å². The van der Waals surface area contributed by atoms with Gasteiger partial charge in [-0.05, 0) is 67.6 Å². The first-order valence-electron chi connectivity index (χ1n) is 12.8. The molecule has 0 aliphatic rings. The maximum absolute atomic E-state index is 14.1. The predicted octanol–water partition coefficient (Wildman–Crippen LogP) is 5.21. The Kier molecular flexibility index (Phi) is 11.3. The molecule has 0 saturated heterocycles. The molecule has 40 heavy (non-hydrogen) atoms. The van der Waals surface area contributed by atoms with Gasteiger partial charge in [-0.1, -0.05) is 48.9 Å². The molecule has 11 heteroatoms. The van der Waals surface area contributed by atoms with E-state index >= 15 is 0 Å². The van der Waals surface area contributed by atoms with Gasteiger partial charge in [0.05, 0.1) is 17.2 Å². The molecular formula is C29H34ClN3O5S2. The molecule has 0 radical (unpaired) electrons. The van der Waals surface area contributed by atoms with Crippen LogP contribution in [0.3, 0.4) is 0 Å². The van der Waals surface area contributed by atoms with Crippen LogP contribution in [0, 0.1) is 0 Å². The van der Waals surface area contributed by atoms with E-state index in [1.807, 2.05) is 6.26 Å². The smallest absolute Gasteiger partial charge is 0.264 e. The molecule has 0 unspecified atom stereocenters. The molecule has 0 aliphatic carbocycles. The minimum absolute atomic E-state index is 0.0217. The van der Waals surface area contributed by atoms with E-state index in [2.05, 4.69) is 5.32 Å². The molecule has 0 spiro atoms. The van der Waals surface area contributed by atoms with Gasteiger partial charge in [0.15, 0.2) is 0 Å². The number of rotatable bonds is 13. The van der Waals surface area contributed by atoms with Crippen LogP contribution < -0.4 is 14.4 Å². The summed E-state index contributed by atoms with van der Waals surface area (Å²) < 4.78 is 35.0. The Morgan fingerprint density at radius 1 is 1.00 bits per heavy atom. The molecule has 3 rings (SSSR count). The molecular weight excluding hydrogens is 570 g/mol. The van der Waals surface area contributed by atoms with Crippen LogP contribution in [0.1, 0.15) is 25.8 Å². The number of halogens is 1. The normalized spacial score (nSPS) is 11.9. The summed E-state index contributed by atoms with van der Waals surface area (Å²) in [7, 11) is -2.72. The lowest BCUT2D eigenvalue weighted by Crippen LogP contribution is -2.51. The largest absolute Gasteiger partial charge is 0.492 e. The van der Waals surface area contributed by atoms with Crippen LogP contribution in [0.25, 0.3) is 0 Å². The number of anilines is 1. The summed E-state index contributed by atoms with van der Waals surface area (Å²) in [5, 5.41) is 3.05. The fourth-order valence-corrected chi connectivity index (χ4v) is 6.25. The molecule has 1 N–H and O–H groups in total. The Morgan fingerprint density at radius 2 is 1.65 bits per heavy atom. The van der Waals surface area contributed by atoms with Gasteiger partial charge in [-0.2, -0.15) is 0 Å². The molecule has 0 aromatic heterocycles. The van der Waals surface area contributed by atoms with Crippen LogP contribution in [0.4, 0.5) is 5.69 Å². The van der Waals surface area contributed by atoms with Gasteiger partial charge in [0.25, 0.3) is 10.0 Å². The SMILES string of the molecule is CCOc1ccccc1N(CC(=O)N(Cc1ccccc1Cl)[C@H](CC)C(=O)NC)S(=O)(=O)c1ccc(SC)cc1. The second kappa shape index (κ2) is 14.4. The molecule has 214 valence electrons. The van der Waals surface area contributed by atoms with Crippen molar-refractivity contribution in [3.8, 4) is 5.75 Å². The van der Waals surface area contributed by atoms with Gasteiger partial charge in [0.2, 0.25) is 11.8 Å². The number of carbonyl (C=O) groups is 2. The van der Waals surface area contributed by atoms with Gasteiger partial charge in [-0.3, -0.25) is 13.9 Å². The summed E-state index contributed by atoms with van der Waals surface area (Å²) in [6, 6.07) is 19.3. The van der Waals surface area contributed by atoms with Crippen LogP contribution in [0.2, 0.25) is 5.02 Å². The van der Waals surface area contributed by atoms with E-state index in [9.17, 15) is 18.0 Å². The summed E-state index contributed by atoms with van der Waals surface area (Å²) in [6.07, 6.45) is 2.21. The van der Waals surface area contributed by atoms with Crippen molar-refractivity contribution in [3.63, 3.8) is 0 Å². The number of ether oxygens (including phenoxy) is 1. The fourth-order valence-electron chi connectivity index (χ4n) is 4.23. The lowest BCUT2D eigenvalue weighted by molar-refractivity contribution is -0.140. The Labute approximate surface area is 245 Å². The van der Waals surface area contributed by atoms with Crippen molar-refractivity contribution in [2.75, 3.05) is 30.8 Å². The summed E-state index contributed by atoms with van der Waals surface area (Å²) in [6.45, 7) is 3.35. The van der Waals surface area contributed by atoms with E-state index in [0.717, 1.165) is 9.20 Å². The van der Waals surface area contributed by atoms with Crippen molar-refractivity contribution in [2.24, 2.45) is 0 Å². The lowest BCUT2D eigenvalue weighted by atomic mass is 10.1. The summed E-state index contributed by atoms with van der Waals surface area (Å²) in [5.41, 5.74) is 0.856. The van der Waals surface area contributed by atoms with E-state index in [1.54, 1.807) is 74.5 Å². The summed E-state index contributed by atoms with van der Waals surface area (Å²) in [4.78, 5) is 29.2. The van der Waals surface area contributed by atoms with Crippen molar-refractivity contribution in [1.82, 2.24) is 10.2 Å². The van der Waals surface area contributed by atoms with Crippen molar-refractivity contribution < 1.29 is 22.7 Å². The molecule has 3 aromatic carbocycles. The number of nitrogens with zero attached hydrogens (tertiary/aromatic N) is 2. The van der Waals surface area contributed by atoms with Crippen LogP contribution in [0.5, 0.6) is 5.75 Å². The first-order valence-corrected chi connectivity index (χ1v) is 15.8. The first-order chi connectivity index (χ1) is 19.2. The van der Waals surface area contributed by atoms with E-state index in [1.165, 1.54) is 35.8 Å². The lowest BCUT2D eigenvalue weighted by Gasteiger charge is -2.33. The van der Waals surface area contributed by atoms with Gasteiger partial charge in [0.1, 0.15) is 18.3 Å². The Bertz CT molecular complexity index is 1420. The molecule has 8 nitrogen and oxygen atoms in total. The third kappa shape index (κ3) is 7.30. The van der Waals surface area contributed by atoms with Gasteiger partial charge in [-0.25, -0.2) is 8.42 Å². The standard InChI is InChI=1S/C29H34ClN3O5S2/c1-5-25(29(35)31-3)32(19-21-11-7-8-12-24(21)30)28(34)20-33(26-13-9-10-14-27(26)38-6-2)40(36,37)23-17-15-22(39-4)16-18-23/h7-18,25H,5-6,19-20H2,1-4H3,(H,31,35)/t25-/m1/s1. The average Bonchev–Trinajstić information content (AvgIpc) is 2.97. The second-order valence-corrected chi connectivity index (χ2v) is 11.9. The highest BCUT2D eigenvalue weighted by Crippen LogP contribution is 2.33. The minimum Gasteiger partial charge on any atom is -0.492 e. The third-order valence-electron chi connectivity index (χ3n) is 6.29. The maximum Gasteiger partial charge on any atom is 0.264 e. The number of benzene rings is 3. The molecule has 0 heterocycles. The zero-order valence-corrected chi connectivity index (χ0v) is 25.4. The van der Waals surface area contributed by atoms with Gasteiger partial charge in [-0.15, -0.1) is 11.8 Å². The number of carbonyl (C=O) groups excluding carboxylic acids is 2. The van der Waals surface area contributed by atoms with Crippen LogP contribution in [0.15, 0.2) is 82.6 Å². The molecule has 3 aromatic rings. The summed E-state index contributed by atoms with van der Waals surface area (Å²) >= 11 is 7.90. The van der Waals surface area contributed by atoms with Crippen molar-refractivity contribution in [3.05, 3.63) is 83.4 Å². The second-order valence-electron chi connectivity index (χ2n) is 8.74. The molecule has 0 fully saturated rings. The van der Waals surface area contributed by atoms with Crippen LogP contribution in [-0.4, -0.2) is 57.6 Å². The Hall–Kier alpha value is -3.21. The topological polar surface area (TPSA) is 96.0 Å². The Balaban J connectivity index is 2.12. The first kappa shape index (κ1) is 31.3. The molecule has 0 saturated carbocycles. The van der Waals surface area contributed by atoms with Crippen molar-refractivity contribution in [2.45, 2.75) is 42.6 Å². The number of nitrogens with one attached hydrogen (secondary N) is 1. The summed E-state index contributed by atoms with van der Waals surface area (Å²) in [5.74, 6) is -0.608. The van der Waals surface area contributed by atoms with Gasteiger partial charge < -0.3 is 15.0 Å². The highest BCUT2D eigenvalue weighted by Gasteiger charge is 2.34. The van der Waals surface area contributed by atoms with Crippen LogP contribution in [-0.2, 0) is 26.2 Å². The van der Waals surface area contributed by atoms with E-state index in [4.69, 9.17) is 16.3 Å². The predicted molar refractivity (Wildman–Crippen MR) is 161 cm³/mol. The zero-order chi connectivity index (χ0) is 29.3. The Morgan fingerprint density at radius 3 is 2.25 bits per heavy atom. The zero-order valence-electron chi connectivity index (χ0n) is 23.0. The highest BCUT2D eigenvalue weighted by molar-refractivity contribution is 7.98.